The van der Waals surface area contributed by atoms with Crippen LogP contribution in [0.2, 0.25) is 0 Å². The number of likely N-dealkylation sites (N-methyl/N-ethyl adjacent to an activating group) is 1. The number of anilines is 3. The third-order valence-electron chi connectivity index (χ3n) is 5.00. The molecule has 0 spiro atoms. The predicted molar refractivity (Wildman–Crippen MR) is 102 cm³/mol. The summed E-state index contributed by atoms with van der Waals surface area (Å²) in [5, 5.41) is 7.27. The number of hydrogen-bond donors (Lipinski definition) is 1. The van der Waals surface area contributed by atoms with E-state index in [1.807, 2.05) is 37.1 Å². The summed E-state index contributed by atoms with van der Waals surface area (Å²) in [7, 11) is 3.66. The van der Waals surface area contributed by atoms with Crippen LogP contribution >= 0.6 is 0 Å². The fourth-order valence-electron chi connectivity index (χ4n) is 3.26. The molecule has 0 fully saturated rings. The first-order valence-corrected chi connectivity index (χ1v) is 8.82. The molecule has 1 aliphatic rings. The van der Waals surface area contributed by atoms with Crippen LogP contribution in [-0.4, -0.2) is 46.1 Å². The van der Waals surface area contributed by atoms with Crippen molar-refractivity contribution in [2.24, 2.45) is 7.05 Å². The molecule has 0 saturated heterocycles. The number of aromatic nitrogens is 2. The number of para-hydroxylation sites is 2. The Hall–Kier alpha value is -2.67. The molecular formula is C19H25N5O2. The van der Waals surface area contributed by atoms with Crippen molar-refractivity contribution in [1.82, 2.24) is 14.7 Å². The van der Waals surface area contributed by atoms with E-state index >= 15 is 0 Å². The van der Waals surface area contributed by atoms with Crippen molar-refractivity contribution in [3.63, 3.8) is 0 Å². The van der Waals surface area contributed by atoms with Crippen molar-refractivity contribution < 1.29 is 9.59 Å². The molecule has 1 N–H and O–H groups in total. The minimum atomic E-state index is -0.263. The highest BCUT2D eigenvalue weighted by atomic mass is 16.2. The van der Waals surface area contributed by atoms with Gasteiger partial charge in [0.2, 0.25) is 5.91 Å². The minimum Gasteiger partial charge on any atom is -0.319 e. The van der Waals surface area contributed by atoms with Crippen LogP contribution in [0.3, 0.4) is 0 Å². The second-order valence-corrected chi connectivity index (χ2v) is 6.78. The van der Waals surface area contributed by atoms with Gasteiger partial charge in [-0.25, -0.2) is 0 Å². The third-order valence-corrected chi connectivity index (χ3v) is 5.00. The Morgan fingerprint density at radius 3 is 2.73 bits per heavy atom. The van der Waals surface area contributed by atoms with Gasteiger partial charge in [-0.1, -0.05) is 19.1 Å². The molecule has 2 aromatic rings. The summed E-state index contributed by atoms with van der Waals surface area (Å²) in [6.45, 7) is 6.26. The summed E-state index contributed by atoms with van der Waals surface area (Å²) in [6, 6.07) is 7.64. The van der Waals surface area contributed by atoms with Gasteiger partial charge in [-0.3, -0.25) is 24.1 Å². The van der Waals surface area contributed by atoms with Gasteiger partial charge in [0.1, 0.15) is 5.69 Å². The molecule has 26 heavy (non-hydrogen) atoms. The number of nitrogens with one attached hydrogen (secondary N) is 1. The van der Waals surface area contributed by atoms with E-state index in [0.717, 1.165) is 6.42 Å². The average Bonchev–Trinajstić information content (AvgIpc) is 2.81. The van der Waals surface area contributed by atoms with Crippen molar-refractivity contribution in [3.05, 3.63) is 35.7 Å². The number of rotatable bonds is 4. The van der Waals surface area contributed by atoms with Crippen LogP contribution in [0.4, 0.5) is 17.1 Å². The second kappa shape index (κ2) is 6.92. The Bertz CT molecular complexity index is 858. The normalized spacial score (nSPS) is 14.5. The first kappa shape index (κ1) is 18.1. The molecule has 2 heterocycles. The summed E-state index contributed by atoms with van der Waals surface area (Å²) in [5.74, 6) is -0.352. The number of benzene rings is 1. The van der Waals surface area contributed by atoms with Gasteiger partial charge in [0.25, 0.3) is 5.91 Å². The first-order valence-electron chi connectivity index (χ1n) is 8.82. The zero-order valence-electron chi connectivity index (χ0n) is 15.9. The summed E-state index contributed by atoms with van der Waals surface area (Å²) < 4.78 is 1.53. The smallest absolute Gasteiger partial charge is 0.276 e. The molecule has 0 aliphatic carbocycles. The number of carbonyl (C=O) groups is 2. The first-order chi connectivity index (χ1) is 12.3. The van der Waals surface area contributed by atoms with E-state index in [0.29, 0.717) is 28.5 Å². The maximum absolute atomic E-state index is 13.3. The van der Waals surface area contributed by atoms with E-state index in [2.05, 4.69) is 24.3 Å². The molecule has 1 aromatic carbocycles. The second-order valence-electron chi connectivity index (χ2n) is 6.78. The van der Waals surface area contributed by atoms with E-state index in [-0.39, 0.29) is 24.4 Å². The minimum absolute atomic E-state index is 0.0888. The van der Waals surface area contributed by atoms with E-state index in [9.17, 15) is 9.59 Å². The van der Waals surface area contributed by atoms with Crippen LogP contribution in [0.25, 0.3) is 0 Å². The number of nitrogens with zero attached hydrogens (tertiary/aromatic N) is 4. The lowest BCUT2D eigenvalue weighted by atomic mass is 10.2. The van der Waals surface area contributed by atoms with Gasteiger partial charge in [-0.15, -0.1) is 0 Å². The van der Waals surface area contributed by atoms with E-state index in [1.165, 1.54) is 4.68 Å². The van der Waals surface area contributed by atoms with Gasteiger partial charge in [-0.2, -0.15) is 5.10 Å². The van der Waals surface area contributed by atoms with Gasteiger partial charge >= 0.3 is 0 Å². The van der Waals surface area contributed by atoms with Crippen LogP contribution in [0.15, 0.2) is 24.3 Å². The standard InChI is InChI=1S/C19H25N5O2/c1-6-12(2)22(4)11-16(25)24-15-10-8-7-9-14(15)20-19(26)18-17(24)13(3)21-23(18)5/h7-10,12H,6,11H2,1-5H3,(H,20,26). The molecule has 1 unspecified atom stereocenters. The molecule has 1 atom stereocenters. The summed E-state index contributed by atoms with van der Waals surface area (Å²) in [4.78, 5) is 29.7. The van der Waals surface area contributed by atoms with Crippen LogP contribution in [0.5, 0.6) is 0 Å². The van der Waals surface area contributed by atoms with E-state index in [1.54, 1.807) is 18.0 Å². The molecule has 2 amide bonds. The van der Waals surface area contributed by atoms with Gasteiger partial charge < -0.3 is 5.32 Å². The highest BCUT2D eigenvalue weighted by Gasteiger charge is 2.34. The number of amides is 2. The van der Waals surface area contributed by atoms with Gasteiger partial charge in [0.15, 0.2) is 5.69 Å². The van der Waals surface area contributed by atoms with Crippen molar-refractivity contribution in [1.29, 1.82) is 0 Å². The van der Waals surface area contributed by atoms with Crippen LogP contribution in [-0.2, 0) is 11.8 Å². The maximum Gasteiger partial charge on any atom is 0.276 e. The van der Waals surface area contributed by atoms with Crippen molar-refractivity contribution in [2.75, 3.05) is 23.8 Å². The molecule has 0 saturated carbocycles. The predicted octanol–water partition coefficient (Wildman–Crippen LogP) is 2.69. The fourth-order valence-corrected chi connectivity index (χ4v) is 3.26. The molecular weight excluding hydrogens is 330 g/mol. The molecule has 7 nitrogen and oxygen atoms in total. The lowest BCUT2D eigenvalue weighted by molar-refractivity contribution is -0.119. The lowest BCUT2D eigenvalue weighted by Crippen LogP contribution is -2.40. The number of fused-ring (bicyclic) bond motifs is 2. The average molecular weight is 355 g/mol. The summed E-state index contributed by atoms with van der Waals surface area (Å²) >= 11 is 0. The lowest BCUT2D eigenvalue weighted by Gasteiger charge is -2.28. The zero-order chi connectivity index (χ0) is 19.0. The van der Waals surface area contributed by atoms with Crippen molar-refractivity contribution in [2.45, 2.75) is 33.2 Å². The van der Waals surface area contributed by atoms with Crippen LogP contribution in [0, 0.1) is 6.92 Å². The summed E-state index contributed by atoms with van der Waals surface area (Å²) in [5.41, 5.74) is 2.87. The largest absolute Gasteiger partial charge is 0.319 e. The van der Waals surface area contributed by atoms with Crippen LogP contribution in [0.1, 0.15) is 36.5 Å². The molecule has 1 aromatic heterocycles. The zero-order valence-corrected chi connectivity index (χ0v) is 15.9. The Morgan fingerprint density at radius 2 is 2.04 bits per heavy atom. The monoisotopic (exact) mass is 355 g/mol. The topological polar surface area (TPSA) is 70.5 Å². The molecule has 0 radical (unpaired) electrons. The molecule has 138 valence electrons. The Morgan fingerprint density at radius 1 is 1.35 bits per heavy atom. The fraction of sp³-hybridized carbons (Fsp3) is 0.421. The van der Waals surface area contributed by atoms with Gasteiger partial charge in [0.05, 0.1) is 23.6 Å². The van der Waals surface area contributed by atoms with Gasteiger partial charge in [0, 0.05) is 13.1 Å². The number of hydrogen-bond acceptors (Lipinski definition) is 4. The Kier molecular flexibility index (Phi) is 4.82. The molecule has 1 aliphatic heterocycles. The van der Waals surface area contributed by atoms with Crippen molar-refractivity contribution in [3.8, 4) is 0 Å². The highest BCUT2D eigenvalue weighted by Crippen LogP contribution is 2.39. The van der Waals surface area contributed by atoms with E-state index < -0.39 is 0 Å². The molecule has 0 bridgehead atoms. The number of carbonyl (C=O) groups excluding carboxylic acids is 2. The quantitative estimate of drug-likeness (QED) is 0.915. The third kappa shape index (κ3) is 2.99. The highest BCUT2D eigenvalue weighted by molar-refractivity contribution is 6.17. The Labute approximate surface area is 153 Å². The van der Waals surface area contributed by atoms with Crippen molar-refractivity contribution >= 4 is 28.9 Å². The summed E-state index contributed by atoms with van der Waals surface area (Å²) in [6.07, 6.45) is 0.956. The van der Waals surface area contributed by atoms with Crippen LogP contribution < -0.4 is 10.2 Å². The van der Waals surface area contributed by atoms with E-state index in [4.69, 9.17) is 0 Å². The molecule has 7 heteroatoms. The van der Waals surface area contributed by atoms with Gasteiger partial charge in [-0.05, 0) is 39.4 Å². The maximum atomic E-state index is 13.3. The molecule has 3 rings (SSSR count). The Balaban J connectivity index is 2.12. The number of aryl methyl sites for hydroxylation is 2. The SMILES string of the molecule is CCC(C)N(C)CC(=O)N1c2ccccc2NC(=O)c2c1c(C)nn2C.